The molecule has 1 rings (SSSR count). The van der Waals surface area contributed by atoms with E-state index in [4.69, 9.17) is 4.74 Å². The van der Waals surface area contributed by atoms with Crippen LogP contribution in [0, 0.1) is 0 Å². The van der Waals surface area contributed by atoms with Gasteiger partial charge in [-0.2, -0.15) is 13.2 Å². The zero-order valence-electron chi connectivity index (χ0n) is 12.8. The smallest absolute Gasteiger partial charge is 0.383 e. The van der Waals surface area contributed by atoms with E-state index in [1.807, 2.05) is 0 Å². The molecule has 126 valence electrons. The van der Waals surface area contributed by atoms with E-state index in [-0.39, 0.29) is 6.61 Å². The number of nitrogens with one attached hydrogen (secondary N) is 1. The van der Waals surface area contributed by atoms with Gasteiger partial charge in [-0.15, -0.1) is 0 Å². The van der Waals surface area contributed by atoms with E-state index >= 15 is 0 Å². The molecule has 0 aliphatic carbocycles. The molecule has 1 fully saturated rings. The topological polar surface area (TPSA) is 33.7 Å². The van der Waals surface area contributed by atoms with Gasteiger partial charge in [-0.25, -0.2) is 0 Å². The van der Waals surface area contributed by atoms with Crippen LogP contribution in [-0.2, 0) is 9.47 Å². The van der Waals surface area contributed by atoms with Crippen molar-refractivity contribution in [3.8, 4) is 0 Å². The van der Waals surface area contributed by atoms with Crippen molar-refractivity contribution in [2.45, 2.75) is 37.9 Å². The molecule has 21 heavy (non-hydrogen) atoms. The summed E-state index contributed by atoms with van der Waals surface area (Å²) in [7, 11) is 1.68. The fourth-order valence-electron chi connectivity index (χ4n) is 2.59. The first-order chi connectivity index (χ1) is 10.0. The van der Waals surface area contributed by atoms with E-state index in [0.717, 1.165) is 39.0 Å². The Bertz CT molecular complexity index is 265. The Morgan fingerprint density at radius 3 is 2.76 bits per heavy atom. The van der Waals surface area contributed by atoms with Crippen molar-refractivity contribution in [2.75, 3.05) is 53.1 Å². The standard InChI is InChI=1S/C14H27F3N2O2/c1-20-10-6-18-11-13-5-2-3-7-19(13)8-4-9-21-12-14(15,16)17/h13,18H,2-12H2,1H3. The molecule has 7 heteroatoms. The number of halogens is 3. The summed E-state index contributed by atoms with van der Waals surface area (Å²) in [6.45, 7) is 3.28. The quantitative estimate of drug-likeness (QED) is 0.626. The van der Waals surface area contributed by atoms with Crippen LogP contribution >= 0.6 is 0 Å². The highest BCUT2D eigenvalue weighted by molar-refractivity contribution is 4.78. The van der Waals surface area contributed by atoms with E-state index < -0.39 is 12.8 Å². The van der Waals surface area contributed by atoms with Gasteiger partial charge in [-0.1, -0.05) is 6.42 Å². The minimum Gasteiger partial charge on any atom is -0.383 e. The summed E-state index contributed by atoms with van der Waals surface area (Å²) < 4.78 is 45.5. The molecule has 0 aromatic rings. The first-order valence-electron chi connectivity index (χ1n) is 7.61. The number of alkyl halides is 3. The minimum atomic E-state index is -4.22. The Kier molecular flexibility index (Phi) is 9.23. The molecular weight excluding hydrogens is 285 g/mol. The third kappa shape index (κ3) is 9.29. The predicted molar refractivity (Wildman–Crippen MR) is 75.4 cm³/mol. The number of nitrogens with zero attached hydrogens (tertiary/aromatic N) is 1. The Morgan fingerprint density at radius 1 is 1.24 bits per heavy atom. The maximum Gasteiger partial charge on any atom is 0.411 e. The van der Waals surface area contributed by atoms with Gasteiger partial charge in [0, 0.05) is 39.4 Å². The van der Waals surface area contributed by atoms with Crippen molar-refractivity contribution in [1.82, 2.24) is 10.2 Å². The lowest BCUT2D eigenvalue weighted by molar-refractivity contribution is -0.174. The molecule has 1 aliphatic rings. The fourth-order valence-corrected chi connectivity index (χ4v) is 2.59. The molecule has 0 aromatic heterocycles. The second kappa shape index (κ2) is 10.4. The Morgan fingerprint density at radius 2 is 2.05 bits per heavy atom. The monoisotopic (exact) mass is 312 g/mol. The van der Waals surface area contributed by atoms with Crippen molar-refractivity contribution in [3.05, 3.63) is 0 Å². The highest BCUT2D eigenvalue weighted by Gasteiger charge is 2.27. The molecule has 1 saturated heterocycles. The summed E-state index contributed by atoms with van der Waals surface area (Å²) in [4.78, 5) is 2.36. The normalized spacial score (nSPS) is 20.9. The van der Waals surface area contributed by atoms with E-state index in [0.29, 0.717) is 19.1 Å². The molecule has 0 spiro atoms. The Balaban J connectivity index is 2.14. The molecule has 0 bridgehead atoms. The van der Waals surface area contributed by atoms with Gasteiger partial charge in [0.1, 0.15) is 6.61 Å². The molecule has 0 aromatic carbocycles. The largest absolute Gasteiger partial charge is 0.411 e. The van der Waals surface area contributed by atoms with E-state index in [1.165, 1.54) is 6.42 Å². The number of ether oxygens (including phenoxy) is 2. The van der Waals surface area contributed by atoms with Gasteiger partial charge >= 0.3 is 6.18 Å². The first kappa shape index (κ1) is 18.7. The lowest BCUT2D eigenvalue weighted by Gasteiger charge is -2.36. The van der Waals surface area contributed by atoms with Gasteiger partial charge in [0.05, 0.1) is 6.61 Å². The van der Waals surface area contributed by atoms with Crippen molar-refractivity contribution in [3.63, 3.8) is 0 Å². The van der Waals surface area contributed by atoms with Crippen LogP contribution < -0.4 is 5.32 Å². The van der Waals surface area contributed by atoms with E-state index in [9.17, 15) is 13.2 Å². The van der Waals surface area contributed by atoms with Crippen LogP contribution in [0.15, 0.2) is 0 Å². The van der Waals surface area contributed by atoms with Crippen LogP contribution in [0.5, 0.6) is 0 Å². The Labute approximate surface area is 125 Å². The van der Waals surface area contributed by atoms with Crippen molar-refractivity contribution < 1.29 is 22.6 Å². The molecule has 1 N–H and O–H groups in total. The molecular formula is C14H27F3N2O2. The number of rotatable bonds is 10. The SMILES string of the molecule is COCCNCC1CCCCN1CCCOCC(F)(F)F. The van der Waals surface area contributed by atoms with Gasteiger partial charge in [0.2, 0.25) is 0 Å². The second-order valence-corrected chi connectivity index (χ2v) is 5.40. The lowest BCUT2D eigenvalue weighted by atomic mass is 10.0. The van der Waals surface area contributed by atoms with Crippen LogP contribution in [0.1, 0.15) is 25.7 Å². The van der Waals surface area contributed by atoms with Gasteiger partial charge < -0.3 is 14.8 Å². The van der Waals surface area contributed by atoms with Gasteiger partial charge in [0.25, 0.3) is 0 Å². The van der Waals surface area contributed by atoms with Crippen molar-refractivity contribution >= 4 is 0 Å². The van der Waals surface area contributed by atoms with Crippen LogP contribution in [0.25, 0.3) is 0 Å². The highest BCUT2D eigenvalue weighted by atomic mass is 19.4. The van der Waals surface area contributed by atoms with Gasteiger partial charge in [0.15, 0.2) is 0 Å². The summed E-state index contributed by atoms with van der Waals surface area (Å²) in [5.41, 5.74) is 0. The summed E-state index contributed by atoms with van der Waals surface area (Å²) >= 11 is 0. The summed E-state index contributed by atoms with van der Waals surface area (Å²) in [5, 5.41) is 3.36. The average Bonchev–Trinajstić information content (AvgIpc) is 2.43. The number of hydrogen-bond donors (Lipinski definition) is 1. The van der Waals surface area contributed by atoms with Crippen molar-refractivity contribution in [2.24, 2.45) is 0 Å². The van der Waals surface area contributed by atoms with Crippen LogP contribution in [0.3, 0.4) is 0 Å². The molecule has 0 amide bonds. The molecule has 0 radical (unpaired) electrons. The molecule has 1 atom stereocenters. The molecule has 1 heterocycles. The highest BCUT2D eigenvalue weighted by Crippen LogP contribution is 2.17. The number of hydrogen-bond acceptors (Lipinski definition) is 4. The zero-order chi connectivity index (χ0) is 15.6. The van der Waals surface area contributed by atoms with Crippen LogP contribution in [0.4, 0.5) is 13.2 Å². The molecule has 1 aliphatic heterocycles. The second-order valence-electron chi connectivity index (χ2n) is 5.40. The number of methoxy groups -OCH3 is 1. The van der Waals surface area contributed by atoms with Crippen LogP contribution in [-0.4, -0.2) is 70.2 Å². The summed E-state index contributed by atoms with van der Waals surface area (Å²) in [5.74, 6) is 0. The minimum absolute atomic E-state index is 0.167. The number of piperidine rings is 1. The third-order valence-electron chi connectivity index (χ3n) is 3.61. The fraction of sp³-hybridized carbons (Fsp3) is 1.00. The van der Waals surface area contributed by atoms with Gasteiger partial charge in [-0.05, 0) is 25.8 Å². The predicted octanol–water partition coefficient (Wildman–Crippen LogP) is 2.05. The van der Waals surface area contributed by atoms with E-state index in [1.54, 1.807) is 7.11 Å². The summed E-state index contributed by atoms with van der Waals surface area (Å²) in [6, 6.07) is 0.471. The molecule has 1 unspecified atom stereocenters. The maximum absolute atomic E-state index is 11.9. The maximum atomic E-state index is 11.9. The first-order valence-corrected chi connectivity index (χ1v) is 7.61. The average molecular weight is 312 g/mol. The third-order valence-corrected chi connectivity index (χ3v) is 3.61. The lowest BCUT2D eigenvalue weighted by Crippen LogP contribution is -2.46. The molecule has 0 saturated carbocycles. The van der Waals surface area contributed by atoms with Crippen molar-refractivity contribution in [1.29, 1.82) is 0 Å². The van der Waals surface area contributed by atoms with E-state index in [2.05, 4.69) is 15.0 Å². The summed E-state index contributed by atoms with van der Waals surface area (Å²) in [6.07, 6.45) is -0.0529. The molecule has 4 nitrogen and oxygen atoms in total. The zero-order valence-corrected chi connectivity index (χ0v) is 12.8. The van der Waals surface area contributed by atoms with Crippen LogP contribution in [0.2, 0.25) is 0 Å². The van der Waals surface area contributed by atoms with Gasteiger partial charge in [-0.3, -0.25) is 4.90 Å². The Hall–Kier alpha value is -0.370. The number of likely N-dealkylation sites (tertiary alicyclic amines) is 1.